The van der Waals surface area contributed by atoms with Gasteiger partial charge in [0.05, 0.1) is 9.90 Å². The van der Waals surface area contributed by atoms with Crippen LogP contribution in [0, 0.1) is 0 Å². The van der Waals surface area contributed by atoms with Gasteiger partial charge in [0.25, 0.3) is 5.56 Å². The number of H-pyrrole nitrogens is 1. The zero-order chi connectivity index (χ0) is 9.26. The third kappa shape index (κ3) is 1.79. The van der Waals surface area contributed by atoms with Crippen LogP contribution in [-0.2, 0) is 0 Å². The molecule has 0 saturated heterocycles. The maximum atomic E-state index is 10.9. The first-order valence-electron chi connectivity index (χ1n) is 3.55. The zero-order valence-electron chi connectivity index (χ0n) is 6.45. The third-order valence-corrected chi connectivity index (χ3v) is 2.76. The van der Waals surface area contributed by atoms with Crippen LogP contribution < -0.4 is 5.56 Å². The number of halogens is 1. The van der Waals surface area contributed by atoms with Crippen LogP contribution in [0.15, 0.2) is 28.5 Å². The van der Waals surface area contributed by atoms with E-state index in [1.165, 1.54) is 23.6 Å². The highest BCUT2D eigenvalue weighted by molar-refractivity contribution is 7.14. The molecule has 0 aliphatic carbocycles. The van der Waals surface area contributed by atoms with Crippen molar-refractivity contribution in [2.75, 3.05) is 0 Å². The molecule has 2 heterocycles. The van der Waals surface area contributed by atoms with Gasteiger partial charge in [0.15, 0.2) is 0 Å². The van der Waals surface area contributed by atoms with Gasteiger partial charge in [0, 0.05) is 17.6 Å². The molecule has 2 aromatic heterocycles. The van der Waals surface area contributed by atoms with Crippen LogP contribution in [0.3, 0.4) is 0 Å². The molecule has 0 saturated carbocycles. The van der Waals surface area contributed by atoms with Crippen molar-refractivity contribution in [1.82, 2.24) is 9.97 Å². The molecular weight excluding hydrogens is 208 g/mol. The second-order valence-corrected chi connectivity index (χ2v) is 3.76. The van der Waals surface area contributed by atoms with Crippen molar-refractivity contribution in [3.63, 3.8) is 0 Å². The molecule has 0 aromatic carbocycles. The highest BCUT2D eigenvalue weighted by Gasteiger charge is 2.02. The molecule has 0 amide bonds. The standard InChI is InChI=1S/C8H5ClN2OS/c9-5-3-6(13-4-5)8-10-2-1-7(12)11-8/h1-4H,(H,10,11,12). The Kier molecular flexibility index (Phi) is 2.16. The average Bonchev–Trinajstić information content (AvgIpc) is 2.52. The van der Waals surface area contributed by atoms with Crippen molar-refractivity contribution < 1.29 is 0 Å². The van der Waals surface area contributed by atoms with E-state index in [9.17, 15) is 4.79 Å². The van der Waals surface area contributed by atoms with E-state index in [-0.39, 0.29) is 5.56 Å². The largest absolute Gasteiger partial charge is 0.306 e. The number of rotatable bonds is 1. The van der Waals surface area contributed by atoms with Gasteiger partial charge in [-0.1, -0.05) is 11.6 Å². The Hall–Kier alpha value is -1.13. The highest BCUT2D eigenvalue weighted by atomic mass is 35.5. The summed E-state index contributed by atoms with van der Waals surface area (Å²) >= 11 is 7.19. The van der Waals surface area contributed by atoms with Crippen LogP contribution in [0.2, 0.25) is 5.02 Å². The third-order valence-electron chi connectivity index (χ3n) is 1.47. The van der Waals surface area contributed by atoms with Gasteiger partial charge in [-0.05, 0) is 6.07 Å². The van der Waals surface area contributed by atoms with E-state index >= 15 is 0 Å². The molecule has 0 aliphatic heterocycles. The Balaban J connectivity index is 2.52. The Labute approximate surface area is 83.0 Å². The van der Waals surface area contributed by atoms with Gasteiger partial charge in [-0.3, -0.25) is 4.79 Å². The molecule has 66 valence electrons. The molecule has 0 spiro atoms. The minimum atomic E-state index is -0.158. The first-order valence-corrected chi connectivity index (χ1v) is 4.81. The minimum Gasteiger partial charge on any atom is -0.306 e. The second-order valence-electron chi connectivity index (χ2n) is 2.41. The van der Waals surface area contributed by atoms with E-state index in [1.54, 1.807) is 11.4 Å². The van der Waals surface area contributed by atoms with Crippen LogP contribution in [0.1, 0.15) is 0 Å². The van der Waals surface area contributed by atoms with Gasteiger partial charge >= 0.3 is 0 Å². The van der Waals surface area contributed by atoms with Crippen molar-refractivity contribution in [2.24, 2.45) is 0 Å². The Bertz CT molecular complexity index is 477. The van der Waals surface area contributed by atoms with Crippen LogP contribution in [0.25, 0.3) is 10.7 Å². The van der Waals surface area contributed by atoms with E-state index < -0.39 is 0 Å². The summed E-state index contributed by atoms with van der Waals surface area (Å²) in [7, 11) is 0. The van der Waals surface area contributed by atoms with Crippen LogP contribution >= 0.6 is 22.9 Å². The van der Waals surface area contributed by atoms with Crippen molar-refractivity contribution in [1.29, 1.82) is 0 Å². The topological polar surface area (TPSA) is 45.8 Å². The van der Waals surface area contributed by atoms with Gasteiger partial charge in [-0.25, -0.2) is 4.98 Å². The van der Waals surface area contributed by atoms with E-state index in [0.717, 1.165) is 4.88 Å². The fourth-order valence-electron chi connectivity index (χ4n) is 0.933. The normalized spacial score (nSPS) is 10.2. The number of nitrogens with zero attached hydrogens (tertiary/aromatic N) is 1. The Morgan fingerprint density at radius 2 is 2.38 bits per heavy atom. The predicted molar refractivity (Wildman–Crippen MR) is 53.2 cm³/mol. The van der Waals surface area contributed by atoms with E-state index in [0.29, 0.717) is 10.8 Å². The van der Waals surface area contributed by atoms with E-state index in [1.807, 2.05) is 0 Å². The lowest BCUT2D eigenvalue weighted by molar-refractivity contribution is 1.14. The fourth-order valence-corrected chi connectivity index (χ4v) is 1.96. The lowest BCUT2D eigenvalue weighted by Gasteiger charge is -1.92. The summed E-state index contributed by atoms with van der Waals surface area (Å²) < 4.78 is 0. The molecule has 0 radical (unpaired) electrons. The predicted octanol–water partition coefficient (Wildman–Crippen LogP) is 2.15. The quantitative estimate of drug-likeness (QED) is 0.788. The van der Waals surface area contributed by atoms with Crippen LogP contribution in [-0.4, -0.2) is 9.97 Å². The van der Waals surface area contributed by atoms with Crippen LogP contribution in [0.5, 0.6) is 0 Å². The van der Waals surface area contributed by atoms with Crippen molar-refractivity contribution in [3.8, 4) is 10.7 Å². The Morgan fingerprint density at radius 1 is 1.54 bits per heavy atom. The summed E-state index contributed by atoms with van der Waals surface area (Å²) in [5, 5.41) is 2.45. The smallest absolute Gasteiger partial charge is 0.251 e. The maximum absolute atomic E-state index is 10.9. The molecule has 13 heavy (non-hydrogen) atoms. The Morgan fingerprint density at radius 3 is 3.00 bits per heavy atom. The molecule has 0 fully saturated rings. The molecule has 0 unspecified atom stereocenters. The average molecular weight is 213 g/mol. The molecule has 0 atom stereocenters. The van der Waals surface area contributed by atoms with E-state index in [2.05, 4.69) is 9.97 Å². The minimum absolute atomic E-state index is 0.158. The number of hydrogen-bond donors (Lipinski definition) is 1. The summed E-state index contributed by atoms with van der Waals surface area (Å²) in [5.74, 6) is 0.560. The van der Waals surface area contributed by atoms with Crippen molar-refractivity contribution >= 4 is 22.9 Å². The SMILES string of the molecule is O=c1ccnc(-c2cc(Cl)cs2)[nH]1. The van der Waals surface area contributed by atoms with Gasteiger partial charge in [0.1, 0.15) is 5.82 Å². The lowest BCUT2D eigenvalue weighted by Crippen LogP contribution is -2.04. The molecule has 3 nitrogen and oxygen atoms in total. The van der Waals surface area contributed by atoms with Gasteiger partial charge in [0.2, 0.25) is 0 Å². The second kappa shape index (κ2) is 3.32. The van der Waals surface area contributed by atoms with E-state index in [4.69, 9.17) is 11.6 Å². The summed E-state index contributed by atoms with van der Waals surface area (Å²) in [4.78, 5) is 18.5. The highest BCUT2D eigenvalue weighted by Crippen LogP contribution is 2.25. The first kappa shape index (κ1) is 8.47. The first-order chi connectivity index (χ1) is 6.25. The maximum Gasteiger partial charge on any atom is 0.251 e. The summed E-state index contributed by atoms with van der Waals surface area (Å²) in [6.07, 6.45) is 1.47. The van der Waals surface area contributed by atoms with Crippen molar-refractivity contribution in [2.45, 2.75) is 0 Å². The zero-order valence-corrected chi connectivity index (χ0v) is 8.02. The van der Waals surface area contributed by atoms with Gasteiger partial charge in [-0.15, -0.1) is 11.3 Å². The summed E-state index contributed by atoms with van der Waals surface area (Å²) in [5.41, 5.74) is -0.158. The molecule has 0 aliphatic rings. The number of thiophene rings is 1. The van der Waals surface area contributed by atoms with Crippen molar-refractivity contribution in [3.05, 3.63) is 39.1 Å². The molecular formula is C8H5ClN2OS. The number of aromatic amines is 1. The van der Waals surface area contributed by atoms with Crippen LogP contribution in [0.4, 0.5) is 0 Å². The molecule has 0 bridgehead atoms. The molecule has 2 rings (SSSR count). The fraction of sp³-hybridized carbons (Fsp3) is 0. The summed E-state index contributed by atoms with van der Waals surface area (Å²) in [6.45, 7) is 0. The van der Waals surface area contributed by atoms with Gasteiger partial charge in [-0.2, -0.15) is 0 Å². The number of aromatic nitrogens is 2. The monoisotopic (exact) mass is 212 g/mol. The molecule has 2 aromatic rings. The molecule has 5 heteroatoms. The number of hydrogen-bond acceptors (Lipinski definition) is 3. The lowest BCUT2D eigenvalue weighted by atomic mass is 10.4. The van der Waals surface area contributed by atoms with Gasteiger partial charge < -0.3 is 4.98 Å². The summed E-state index contributed by atoms with van der Waals surface area (Å²) in [6, 6.07) is 3.14. The number of nitrogens with one attached hydrogen (secondary N) is 1. The molecule has 1 N–H and O–H groups in total.